The van der Waals surface area contributed by atoms with E-state index >= 15 is 0 Å². The first-order chi connectivity index (χ1) is 21.2. The van der Waals surface area contributed by atoms with Crippen molar-refractivity contribution in [3.05, 3.63) is 12.7 Å². The molecule has 3 aliphatic rings. The van der Waals surface area contributed by atoms with Gasteiger partial charge in [-0.1, -0.05) is 93.7 Å². The van der Waals surface area contributed by atoms with Crippen LogP contribution in [0.4, 0.5) is 4.79 Å². The third-order valence-electron chi connectivity index (χ3n) is 9.58. The summed E-state index contributed by atoms with van der Waals surface area (Å²) >= 11 is 0. The number of amides is 5. The van der Waals surface area contributed by atoms with Crippen LogP contribution in [0.25, 0.3) is 0 Å². The number of ether oxygens (including phenoxy) is 1. The van der Waals surface area contributed by atoms with Crippen LogP contribution in [0.3, 0.4) is 0 Å². The average Bonchev–Trinajstić information content (AvgIpc) is 3.79. The molecule has 0 aromatic rings. The fourth-order valence-electron chi connectivity index (χ4n) is 6.72. The minimum absolute atomic E-state index is 0.00458. The highest BCUT2D eigenvalue weighted by Gasteiger charge is 2.70. The van der Waals surface area contributed by atoms with Gasteiger partial charge in [-0.25, -0.2) is 9.59 Å². The Morgan fingerprint density at radius 1 is 1.00 bits per heavy atom. The van der Waals surface area contributed by atoms with Gasteiger partial charge in [0.25, 0.3) is 5.91 Å². The Bertz CT molecular complexity index is 1210. The predicted octanol–water partition coefficient (Wildman–Crippen LogP) is 2.84. The highest BCUT2D eigenvalue weighted by Crippen LogP contribution is 2.65. The highest BCUT2D eigenvalue weighted by molar-refractivity contribution is 6.37. The smallest absolute Gasteiger partial charge is 0.329 e. The molecule has 0 radical (unpaired) electrons. The van der Waals surface area contributed by atoms with Crippen LogP contribution in [0.2, 0.25) is 0 Å². The summed E-state index contributed by atoms with van der Waals surface area (Å²) in [6, 6.07) is -4.69. The number of nitrogens with two attached hydrogens (primary N) is 1. The van der Waals surface area contributed by atoms with Gasteiger partial charge >= 0.3 is 12.0 Å². The largest absolute Gasteiger partial charge is 0.460 e. The van der Waals surface area contributed by atoms with Gasteiger partial charge in [-0.15, -0.1) is 0 Å². The molecular weight excluding hydrogens is 590 g/mol. The number of urea groups is 1. The summed E-state index contributed by atoms with van der Waals surface area (Å²) in [6.07, 6.45) is 5.90. The number of nitrogens with zero attached hydrogens (tertiary/aromatic N) is 1. The van der Waals surface area contributed by atoms with E-state index in [0.717, 1.165) is 19.3 Å². The zero-order valence-electron chi connectivity index (χ0n) is 28.9. The summed E-state index contributed by atoms with van der Waals surface area (Å²) in [7, 11) is 0. The number of nitrogens with one attached hydrogen (secondary N) is 3. The van der Waals surface area contributed by atoms with E-state index < -0.39 is 65.1 Å². The second kappa shape index (κ2) is 14.1. The number of Topliss-reactive ketones (excluding diaryl/α,β-unsaturated/α-hetero) is 1. The number of ketones is 1. The molecule has 5 N–H and O–H groups in total. The van der Waals surface area contributed by atoms with Crippen molar-refractivity contribution in [2.45, 2.75) is 118 Å². The van der Waals surface area contributed by atoms with Gasteiger partial charge in [0, 0.05) is 6.54 Å². The van der Waals surface area contributed by atoms with Gasteiger partial charge < -0.3 is 31.3 Å². The molecule has 0 bridgehead atoms. The third-order valence-corrected chi connectivity index (χ3v) is 9.58. The molecule has 1 unspecified atom stereocenters. The zero-order valence-corrected chi connectivity index (χ0v) is 28.9. The predicted molar refractivity (Wildman–Crippen MR) is 173 cm³/mol. The summed E-state index contributed by atoms with van der Waals surface area (Å²) in [4.78, 5) is 80.3. The monoisotopic (exact) mass is 645 g/mol. The minimum atomic E-state index is -1.11. The Labute approximate surface area is 273 Å². The number of hydrogen-bond donors (Lipinski definition) is 4. The van der Waals surface area contributed by atoms with E-state index in [4.69, 9.17) is 10.5 Å². The molecule has 5 amide bonds. The van der Waals surface area contributed by atoms with E-state index in [-0.39, 0.29) is 29.3 Å². The van der Waals surface area contributed by atoms with Gasteiger partial charge in [-0.3, -0.25) is 19.2 Å². The molecule has 6 atom stereocenters. The maximum absolute atomic E-state index is 14.3. The topological polar surface area (TPSA) is 177 Å². The standard InChI is InChI=1S/C34H55N5O7/c1-10-16-46-30(44)22(17-32(2,3)4)37-31(45)38-26(33(5,6)7)29(43)39-18-20-23(34(20,8)9)24(39)28(42)36-21(25(40)27(35)41)13-11-12-19-14-15-19/h10,19-24,26H,1,11-18H2,2-9H3,(H2,35,41)(H,36,42)(H2,37,38,45)/t20-,21?,22-,23-,24-,26+/m0/s1. The molecular formula is C34H55N5O7. The van der Waals surface area contributed by atoms with Crippen molar-refractivity contribution >= 4 is 35.5 Å². The van der Waals surface area contributed by atoms with Crippen LogP contribution in [0.1, 0.15) is 93.9 Å². The van der Waals surface area contributed by atoms with Crippen LogP contribution < -0.4 is 21.7 Å². The number of esters is 1. The first-order valence-corrected chi connectivity index (χ1v) is 16.5. The third kappa shape index (κ3) is 9.31. The summed E-state index contributed by atoms with van der Waals surface area (Å²) in [6.45, 7) is 19.1. The van der Waals surface area contributed by atoms with E-state index in [1.54, 1.807) is 20.8 Å². The molecule has 1 heterocycles. The second-order valence-corrected chi connectivity index (χ2v) is 16.2. The number of likely N-dealkylation sites (tertiary alicyclic amines) is 1. The van der Waals surface area contributed by atoms with Gasteiger partial charge in [0.15, 0.2) is 0 Å². The number of piperidine rings is 1. The van der Waals surface area contributed by atoms with E-state index in [9.17, 15) is 28.8 Å². The summed E-state index contributed by atoms with van der Waals surface area (Å²) in [5.41, 5.74) is 4.03. The molecule has 3 fully saturated rings. The fraction of sp³-hybridized carbons (Fsp3) is 0.765. The van der Waals surface area contributed by atoms with E-state index in [2.05, 4.69) is 22.5 Å². The van der Waals surface area contributed by atoms with Crippen LogP contribution in [0, 0.1) is 34.0 Å². The Hall–Kier alpha value is -3.44. The van der Waals surface area contributed by atoms with Crippen molar-refractivity contribution < 1.29 is 33.5 Å². The summed E-state index contributed by atoms with van der Waals surface area (Å²) in [5, 5.41) is 8.23. The SMILES string of the molecule is C=CCOC(=O)[C@H](CC(C)(C)C)NC(=O)N[C@H](C(=O)N1C[C@H]2[C@@H]([C@H]1C(=O)NC(CCCC1CC1)C(=O)C(N)=O)C2(C)C)C(C)(C)C. The normalized spacial score (nSPS) is 23.7. The lowest BCUT2D eigenvalue weighted by Gasteiger charge is -2.38. The first kappa shape index (κ1) is 37.0. The molecule has 258 valence electrons. The molecule has 2 saturated carbocycles. The molecule has 0 aromatic heterocycles. The van der Waals surface area contributed by atoms with Crippen LogP contribution in [-0.2, 0) is 28.7 Å². The van der Waals surface area contributed by atoms with E-state index in [0.29, 0.717) is 31.7 Å². The lowest BCUT2D eigenvalue weighted by atomic mass is 9.85. The van der Waals surface area contributed by atoms with Gasteiger partial charge in [-0.2, -0.15) is 0 Å². The minimum Gasteiger partial charge on any atom is -0.460 e. The van der Waals surface area contributed by atoms with Crippen molar-refractivity contribution in [2.24, 2.45) is 39.7 Å². The Kier molecular flexibility index (Phi) is 11.4. The first-order valence-electron chi connectivity index (χ1n) is 16.5. The van der Waals surface area contributed by atoms with Crippen molar-refractivity contribution in [3.63, 3.8) is 0 Å². The number of hydrogen-bond acceptors (Lipinski definition) is 7. The van der Waals surface area contributed by atoms with Gasteiger partial charge in [0.05, 0.1) is 6.04 Å². The second-order valence-electron chi connectivity index (χ2n) is 16.2. The molecule has 1 saturated heterocycles. The molecule has 12 heteroatoms. The molecule has 46 heavy (non-hydrogen) atoms. The lowest BCUT2D eigenvalue weighted by molar-refractivity contribution is -0.145. The number of fused-ring (bicyclic) bond motifs is 1. The summed E-state index contributed by atoms with van der Waals surface area (Å²) < 4.78 is 5.21. The number of carbonyl (C=O) groups is 6. The van der Waals surface area contributed by atoms with Crippen molar-refractivity contribution in [1.29, 1.82) is 0 Å². The lowest BCUT2D eigenvalue weighted by Crippen LogP contribution is -2.62. The van der Waals surface area contributed by atoms with Crippen molar-refractivity contribution in [2.75, 3.05) is 13.2 Å². The fourth-order valence-corrected chi connectivity index (χ4v) is 6.72. The molecule has 3 rings (SSSR count). The number of primary amides is 1. The van der Waals surface area contributed by atoms with Gasteiger partial charge in [0.2, 0.25) is 17.6 Å². The zero-order chi connectivity index (χ0) is 34.8. The molecule has 0 aromatic carbocycles. The Morgan fingerprint density at radius 3 is 2.15 bits per heavy atom. The van der Waals surface area contributed by atoms with E-state index in [1.807, 2.05) is 34.6 Å². The van der Waals surface area contributed by atoms with Crippen molar-refractivity contribution in [3.8, 4) is 0 Å². The van der Waals surface area contributed by atoms with Crippen LogP contribution in [0.5, 0.6) is 0 Å². The van der Waals surface area contributed by atoms with Gasteiger partial charge in [-0.05, 0) is 46.8 Å². The molecule has 2 aliphatic carbocycles. The molecule has 0 spiro atoms. The molecule has 1 aliphatic heterocycles. The maximum atomic E-state index is 14.3. The van der Waals surface area contributed by atoms with Crippen molar-refractivity contribution in [1.82, 2.24) is 20.9 Å². The number of carbonyl (C=O) groups excluding carboxylic acids is 6. The number of rotatable bonds is 15. The van der Waals surface area contributed by atoms with E-state index in [1.165, 1.54) is 11.0 Å². The van der Waals surface area contributed by atoms with Crippen LogP contribution >= 0.6 is 0 Å². The summed E-state index contributed by atoms with van der Waals surface area (Å²) in [5.74, 6) is -3.01. The van der Waals surface area contributed by atoms with Gasteiger partial charge in [0.1, 0.15) is 24.7 Å². The molecule has 12 nitrogen and oxygen atoms in total. The van der Waals surface area contributed by atoms with Crippen LogP contribution in [-0.4, -0.2) is 77.7 Å². The van der Waals surface area contributed by atoms with Crippen LogP contribution in [0.15, 0.2) is 12.7 Å². The quantitative estimate of drug-likeness (QED) is 0.120. The average molecular weight is 646 g/mol. The maximum Gasteiger partial charge on any atom is 0.329 e. The highest BCUT2D eigenvalue weighted by atomic mass is 16.5. The Balaban J connectivity index is 1.80. The Morgan fingerprint density at radius 2 is 1.63 bits per heavy atom.